The average Bonchev–Trinajstić information content (AvgIpc) is 3.15. The van der Waals surface area contributed by atoms with E-state index in [9.17, 15) is 18.0 Å². The summed E-state index contributed by atoms with van der Waals surface area (Å²) < 4.78 is 40.3. The summed E-state index contributed by atoms with van der Waals surface area (Å²) >= 11 is 1.23. The van der Waals surface area contributed by atoms with Crippen molar-refractivity contribution < 1.29 is 32.2 Å². The molecule has 3 rings (SSSR count). The molecule has 2 aliphatic rings. The number of amides is 2. The van der Waals surface area contributed by atoms with E-state index in [2.05, 4.69) is 10.3 Å². The number of aliphatic imine (C=N–C) groups is 1. The molecular weight excluding hydrogens is 458 g/mol. The van der Waals surface area contributed by atoms with Crippen molar-refractivity contribution in [2.75, 3.05) is 37.2 Å². The zero-order valence-corrected chi connectivity index (χ0v) is 20.2. The number of methoxy groups -OCH3 is 2. The lowest BCUT2D eigenvalue weighted by molar-refractivity contribution is -0.117. The van der Waals surface area contributed by atoms with Gasteiger partial charge in [0.2, 0.25) is 0 Å². The van der Waals surface area contributed by atoms with Gasteiger partial charge < -0.3 is 24.4 Å². The molecule has 176 valence electrons. The Bertz CT molecular complexity index is 1030. The number of amidine groups is 1. The molecule has 0 bridgehead atoms. The van der Waals surface area contributed by atoms with Crippen LogP contribution >= 0.6 is 11.8 Å². The normalized spacial score (nSPS) is 23.0. The van der Waals surface area contributed by atoms with Crippen molar-refractivity contribution in [1.29, 1.82) is 0 Å². The van der Waals surface area contributed by atoms with E-state index < -0.39 is 33.5 Å². The molecule has 0 aliphatic carbocycles. The van der Waals surface area contributed by atoms with Crippen molar-refractivity contribution in [1.82, 2.24) is 5.32 Å². The molecule has 1 aromatic rings. The molecule has 10 nitrogen and oxygen atoms in total. The van der Waals surface area contributed by atoms with Gasteiger partial charge in [-0.2, -0.15) is 4.99 Å². The maximum Gasteiger partial charge on any atom is 0.408 e. The predicted octanol–water partition coefficient (Wildman–Crippen LogP) is 1.83. The Balaban J connectivity index is 1.86. The van der Waals surface area contributed by atoms with Crippen LogP contribution in [0.5, 0.6) is 11.5 Å². The fraction of sp³-hybridized carbons (Fsp3) is 0.550. The summed E-state index contributed by atoms with van der Waals surface area (Å²) in [6, 6.07) is 4.76. The number of nitrogens with zero attached hydrogens (tertiary/aromatic N) is 2. The van der Waals surface area contributed by atoms with Gasteiger partial charge in [0.15, 0.2) is 15.0 Å². The fourth-order valence-electron chi connectivity index (χ4n) is 3.44. The quantitative estimate of drug-likeness (QED) is 0.665. The topological polar surface area (TPSA) is 124 Å². The zero-order valence-electron chi connectivity index (χ0n) is 18.6. The van der Waals surface area contributed by atoms with E-state index >= 15 is 0 Å². The van der Waals surface area contributed by atoms with Crippen molar-refractivity contribution in [3.8, 4) is 11.5 Å². The molecule has 0 saturated carbocycles. The second kappa shape index (κ2) is 9.18. The molecule has 12 heteroatoms. The van der Waals surface area contributed by atoms with Crippen LogP contribution in [0.25, 0.3) is 0 Å². The third-order valence-corrected chi connectivity index (χ3v) is 7.93. The Morgan fingerprint density at radius 3 is 2.56 bits per heavy atom. The van der Waals surface area contributed by atoms with Gasteiger partial charge in [-0.3, -0.25) is 4.79 Å². The Labute approximate surface area is 191 Å². The van der Waals surface area contributed by atoms with Gasteiger partial charge in [-0.15, -0.1) is 0 Å². The number of sulfone groups is 1. The van der Waals surface area contributed by atoms with Crippen molar-refractivity contribution in [2.45, 2.75) is 37.7 Å². The lowest BCUT2D eigenvalue weighted by Crippen LogP contribution is -2.39. The number of benzene rings is 1. The number of thioether (sulfide) groups is 1. The molecule has 2 fully saturated rings. The van der Waals surface area contributed by atoms with E-state index in [0.29, 0.717) is 22.4 Å². The van der Waals surface area contributed by atoms with Gasteiger partial charge in [0.05, 0.1) is 37.5 Å². The number of carbonyl (C=O) groups excluding carboxylic acids is 2. The molecule has 1 aromatic carbocycles. The van der Waals surface area contributed by atoms with Gasteiger partial charge >= 0.3 is 6.09 Å². The van der Waals surface area contributed by atoms with Crippen LogP contribution in [0.15, 0.2) is 23.2 Å². The molecule has 32 heavy (non-hydrogen) atoms. The van der Waals surface area contributed by atoms with Gasteiger partial charge in [-0.05, 0) is 32.9 Å². The predicted molar refractivity (Wildman–Crippen MR) is 123 cm³/mol. The maximum absolute atomic E-state index is 12.5. The summed E-state index contributed by atoms with van der Waals surface area (Å²) in [7, 11) is -0.183. The lowest BCUT2D eigenvalue weighted by Gasteiger charge is -2.26. The molecule has 2 aliphatic heterocycles. The largest absolute Gasteiger partial charge is 0.497 e. The zero-order chi connectivity index (χ0) is 23.7. The minimum absolute atomic E-state index is 0.000667. The van der Waals surface area contributed by atoms with Crippen LogP contribution in [0.2, 0.25) is 0 Å². The van der Waals surface area contributed by atoms with Gasteiger partial charge in [-0.1, -0.05) is 11.8 Å². The maximum atomic E-state index is 12.5. The molecule has 2 atom stereocenters. The number of alkyl carbamates (subject to hydrolysis) is 1. The Morgan fingerprint density at radius 2 is 1.94 bits per heavy atom. The summed E-state index contributed by atoms with van der Waals surface area (Å²) in [4.78, 5) is 30.2. The number of anilines is 1. The minimum Gasteiger partial charge on any atom is -0.497 e. The highest BCUT2D eigenvalue weighted by Crippen LogP contribution is 2.44. The Kier molecular flexibility index (Phi) is 6.94. The summed E-state index contributed by atoms with van der Waals surface area (Å²) in [6.45, 7) is 4.81. The van der Waals surface area contributed by atoms with E-state index in [1.165, 1.54) is 26.0 Å². The van der Waals surface area contributed by atoms with E-state index in [-0.39, 0.29) is 23.3 Å². The van der Waals surface area contributed by atoms with Crippen LogP contribution in [0.1, 0.15) is 20.8 Å². The van der Waals surface area contributed by atoms with Crippen LogP contribution in [0.4, 0.5) is 10.5 Å². The molecular formula is C20H27N3O7S2. The first-order chi connectivity index (χ1) is 14.9. The lowest BCUT2D eigenvalue weighted by atomic mass is 10.2. The number of carbonyl (C=O) groups is 2. The SMILES string of the molecule is COc1ccc(N2C(=NC(=O)CNC(=O)OC(C)(C)C)S[C@@H]3CS(=O)(=O)C[C@H]32)c(OC)c1. The summed E-state index contributed by atoms with van der Waals surface area (Å²) in [5.74, 6) is 0.397. The molecule has 0 unspecified atom stereocenters. The molecule has 0 radical (unpaired) electrons. The molecule has 0 aromatic heterocycles. The number of fused-ring (bicyclic) bond motifs is 1. The van der Waals surface area contributed by atoms with Crippen molar-refractivity contribution >= 4 is 44.5 Å². The number of nitrogens with one attached hydrogen (secondary N) is 1. The second-order valence-corrected chi connectivity index (χ2v) is 11.7. The van der Waals surface area contributed by atoms with E-state index in [4.69, 9.17) is 14.2 Å². The third kappa shape index (κ3) is 5.66. The van der Waals surface area contributed by atoms with Gasteiger partial charge in [-0.25, -0.2) is 13.2 Å². The van der Waals surface area contributed by atoms with E-state index in [1.807, 2.05) is 0 Å². The third-order valence-electron chi connectivity index (χ3n) is 4.72. The van der Waals surface area contributed by atoms with Gasteiger partial charge in [0, 0.05) is 11.3 Å². The van der Waals surface area contributed by atoms with Crippen molar-refractivity contribution in [3.05, 3.63) is 18.2 Å². The Morgan fingerprint density at radius 1 is 1.22 bits per heavy atom. The fourth-order valence-corrected chi connectivity index (χ4v) is 7.36. The first-order valence-electron chi connectivity index (χ1n) is 9.89. The summed E-state index contributed by atoms with van der Waals surface area (Å²) in [6.07, 6.45) is -0.721. The second-order valence-electron chi connectivity index (χ2n) is 8.35. The van der Waals surface area contributed by atoms with Gasteiger partial charge in [0.25, 0.3) is 5.91 Å². The van der Waals surface area contributed by atoms with Crippen LogP contribution in [-0.2, 0) is 19.4 Å². The number of hydrogen-bond acceptors (Lipinski definition) is 8. The van der Waals surface area contributed by atoms with Crippen LogP contribution in [0, 0.1) is 0 Å². The van der Waals surface area contributed by atoms with Crippen LogP contribution < -0.4 is 19.7 Å². The van der Waals surface area contributed by atoms with E-state index in [0.717, 1.165) is 0 Å². The minimum atomic E-state index is -3.21. The highest BCUT2D eigenvalue weighted by Gasteiger charge is 2.50. The standard InChI is InChI=1S/C20H27N3O7S2/c1-20(2,3)30-19(25)21-9-17(24)22-18-23(14-10-32(26,27)11-16(14)31-18)13-7-6-12(28-4)8-15(13)29-5/h6-8,14,16H,9-11H2,1-5H3,(H,21,25)/t14-,16-/m1/s1. The number of hydrogen-bond donors (Lipinski definition) is 1. The highest BCUT2D eigenvalue weighted by atomic mass is 32.2. The average molecular weight is 486 g/mol. The van der Waals surface area contributed by atoms with E-state index in [1.54, 1.807) is 43.9 Å². The van der Waals surface area contributed by atoms with Gasteiger partial charge in [0.1, 0.15) is 23.6 Å². The molecule has 0 spiro atoms. The monoisotopic (exact) mass is 485 g/mol. The smallest absolute Gasteiger partial charge is 0.408 e. The molecule has 1 N–H and O–H groups in total. The van der Waals surface area contributed by atoms with Crippen LogP contribution in [0.3, 0.4) is 0 Å². The molecule has 2 amide bonds. The number of rotatable bonds is 5. The summed E-state index contributed by atoms with van der Waals surface area (Å²) in [5, 5.41) is 2.48. The van der Waals surface area contributed by atoms with Crippen LogP contribution in [-0.4, -0.2) is 74.7 Å². The Hall–Kier alpha value is -2.47. The molecule has 2 heterocycles. The first-order valence-corrected chi connectivity index (χ1v) is 12.6. The number of ether oxygens (including phenoxy) is 3. The summed E-state index contributed by atoms with van der Waals surface area (Å²) in [5.41, 5.74) is -0.109. The van der Waals surface area contributed by atoms with Crippen molar-refractivity contribution in [2.24, 2.45) is 4.99 Å². The van der Waals surface area contributed by atoms with Crippen molar-refractivity contribution in [3.63, 3.8) is 0 Å². The first kappa shape index (κ1) is 24.2. The molecule has 2 saturated heterocycles. The highest BCUT2D eigenvalue weighted by molar-refractivity contribution is 8.16.